The predicted octanol–water partition coefficient (Wildman–Crippen LogP) is 7.04. The lowest BCUT2D eigenvalue weighted by atomic mass is 9.98. The second kappa shape index (κ2) is 13.1. The lowest BCUT2D eigenvalue weighted by Gasteiger charge is -2.16. The average molecular weight is 384 g/mol. The summed E-state index contributed by atoms with van der Waals surface area (Å²) in [6.07, 6.45) is 7.40. The van der Waals surface area contributed by atoms with E-state index in [0.29, 0.717) is 12.5 Å². The Balaban J connectivity index is 1.72. The topological polar surface area (TPSA) is 30.5 Å². The van der Waals surface area contributed by atoms with E-state index in [0.717, 1.165) is 43.2 Å². The summed E-state index contributed by atoms with van der Waals surface area (Å²) in [5, 5.41) is 3.43. The fraction of sp³-hybridized carbons (Fsp3) is 0.520. The molecule has 2 aromatic carbocycles. The van der Waals surface area contributed by atoms with Gasteiger partial charge in [0.1, 0.15) is 18.1 Å². The van der Waals surface area contributed by atoms with Gasteiger partial charge < -0.3 is 14.8 Å². The van der Waals surface area contributed by atoms with Crippen molar-refractivity contribution in [1.29, 1.82) is 0 Å². The lowest BCUT2D eigenvalue weighted by Crippen LogP contribution is -2.12. The first-order valence-electron chi connectivity index (χ1n) is 10.9. The first kappa shape index (κ1) is 22.1. The number of unbranched alkanes of at least 4 members (excludes halogenated alkanes) is 4. The van der Waals surface area contributed by atoms with Crippen LogP contribution in [-0.4, -0.2) is 19.8 Å². The van der Waals surface area contributed by atoms with E-state index < -0.39 is 0 Å². The third-order valence-corrected chi connectivity index (χ3v) is 5.10. The molecule has 0 radical (unpaired) electrons. The third kappa shape index (κ3) is 7.84. The van der Waals surface area contributed by atoms with Crippen LogP contribution in [0.1, 0.15) is 70.8 Å². The van der Waals surface area contributed by atoms with Gasteiger partial charge in [-0.2, -0.15) is 0 Å². The van der Waals surface area contributed by atoms with Gasteiger partial charge in [-0.05, 0) is 42.5 Å². The van der Waals surface area contributed by atoms with Crippen molar-refractivity contribution in [1.82, 2.24) is 0 Å². The number of benzene rings is 2. The van der Waals surface area contributed by atoms with Crippen LogP contribution in [0.25, 0.3) is 0 Å². The van der Waals surface area contributed by atoms with Gasteiger partial charge >= 0.3 is 0 Å². The molecule has 1 unspecified atom stereocenters. The maximum Gasteiger partial charge on any atom is 0.122 e. The molecule has 0 spiro atoms. The Morgan fingerprint density at radius 2 is 1.68 bits per heavy atom. The van der Waals surface area contributed by atoms with Crippen molar-refractivity contribution in [3.8, 4) is 11.5 Å². The highest BCUT2D eigenvalue weighted by Gasteiger charge is 2.09. The molecule has 0 aromatic heterocycles. The smallest absolute Gasteiger partial charge is 0.122 e. The third-order valence-electron chi connectivity index (χ3n) is 5.10. The van der Waals surface area contributed by atoms with E-state index in [1.165, 1.54) is 31.2 Å². The first-order chi connectivity index (χ1) is 13.7. The number of nitrogens with one attached hydrogen (secondary N) is 1. The van der Waals surface area contributed by atoms with E-state index >= 15 is 0 Å². The zero-order chi connectivity index (χ0) is 20.0. The molecule has 0 fully saturated rings. The zero-order valence-electron chi connectivity index (χ0n) is 17.9. The van der Waals surface area contributed by atoms with Crippen molar-refractivity contribution in [3.63, 3.8) is 0 Å². The molecule has 3 nitrogen and oxygen atoms in total. The van der Waals surface area contributed by atoms with Crippen LogP contribution in [-0.2, 0) is 0 Å². The van der Waals surface area contributed by atoms with Crippen LogP contribution in [0.4, 0.5) is 5.69 Å². The Morgan fingerprint density at radius 3 is 2.50 bits per heavy atom. The number of ether oxygens (including phenoxy) is 2. The van der Waals surface area contributed by atoms with Crippen molar-refractivity contribution < 1.29 is 9.47 Å². The van der Waals surface area contributed by atoms with Crippen molar-refractivity contribution >= 4 is 5.69 Å². The lowest BCUT2D eigenvalue weighted by molar-refractivity contribution is 0.304. The van der Waals surface area contributed by atoms with Crippen LogP contribution >= 0.6 is 0 Å². The molecule has 154 valence electrons. The Kier molecular flexibility index (Phi) is 10.3. The van der Waals surface area contributed by atoms with Crippen LogP contribution in [0.5, 0.6) is 11.5 Å². The maximum absolute atomic E-state index is 6.03. The van der Waals surface area contributed by atoms with Gasteiger partial charge in [0.15, 0.2) is 0 Å². The van der Waals surface area contributed by atoms with Gasteiger partial charge in [-0.1, -0.05) is 70.7 Å². The first-order valence-corrected chi connectivity index (χ1v) is 10.9. The van der Waals surface area contributed by atoms with Crippen LogP contribution < -0.4 is 14.8 Å². The van der Waals surface area contributed by atoms with E-state index in [1.54, 1.807) is 0 Å². The number of para-hydroxylation sites is 1. The Hall–Kier alpha value is -2.16. The van der Waals surface area contributed by atoms with E-state index in [4.69, 9.17) is 9.47 Å². The minimum absolute atomic E-state index is 0.514. The van der Waals surface area contributed by atoms with Crippen LogP contribution in [0, 0.1) is 0 Å². The quantitative estimate of drug-likeness (QED) is 0.355. The molecular weight excluding hydrogens is 346 g/mol. The molecule has 0 aliphatic carbocycles. The molecule has 3 heteroatoms. The summed E-state index contributed by atoms with van der Waals surface area (Å²) >= 11 is 0. The van der Waals surface area contributed by atoms with Gasteiger partial charge in [0.2, 0.25) is 0 Å². The van der Waals surface area contributed by atoms with E-state index in [9.17, 15) is 0 Å². The largest absolute Gasteiger partial charge is 0.494 e. The molecule has 0 aliphatic heterocycles. The highest BCUT2D eigenvalue weighted by molar-refractivity contribution is 5.48. The number of hydrogen-bond donors (Lipinski definition) is 1. The van der Waals surface area contributed by atoms with E-state index in [1.807, 2.05) is 18.2 Å². The molecule has 0 aliphatic rings. The average Bonchev–Trinajstić information content (AvgIpc) is 2.74. The summed E-state index contributed by atoms with van der Waals surface area (Å²) in [6, 6.07) is 16.6. The molecule has 28 heavy (non-hydrogen) atoms. The predicted molar refractivity (Wildman–Crippen MR) is 120 cm³/mol. The van der Waals surface area contributed by atoms with E-state index in [-0.39, 0.29) is 0 Å². The number of rotatable bonds is 14. The minimum atomic E-state index is 0.514. The normalized spacial score (nSPS) is 11.8. The van der Waals surface area contributed by atoms with Gasteiger partial charge in [-0.3, -0.25) is 0 Å². The molecule has 0 amide bonds. The molecule has 0 saturated carbocycles. The summed E-state index contributed by atoms with van der Waals surface area (Å²) in [5.41, 5.74) is 2.36. The SMILES string of the molecule is CCCCCCCOc1cccc(NCCOc2ccccc2C(C)CC)c1. The van der Waals surface area contributed by atoms with E-state index in [2.05, 4.69) is 56.4 Å². The van der Waals surface area contributed by atoms with Gasteiger partial charge in [0.05, 0.1) is 6.61 Å². The molecule has 0 bridgehead atoms. The maximum atomic E-state index is 6.03. The summed E-state index contributed by atoms with van der Waals surface area (Å²) < 4.78 is 11.9. The Bertz CT molecular complexity index is 671. The van der Waals surface area contributed by atoms with Crippen molar-refractivity contribution in [2.75, 3.05) is 25.1 Å². The van der Waals surface area contributed by atoms with Crippen molar-refractivity contribution in [3.05, 3.63) is 54.1 Å². The fourth-order valence-corrected chi connectivity index (χ4v) is 3.19. The van der Waals surface area contributed by atoms with Crippen LogP contribution in [0.15, 0.2) is 48.5 Å². The summed E-state index contributed by atoms with van der Waals surface area (Å²) in [5.74, 6) is 2.45. The fourth-order valence-electron chi connectivity index (χ4n) is 3.19. The minimum Gasteiger partial charge on any atom is -0.494 e. The highest BCUT2D eigenvalue weighted by atomic mass is 16.5. The number of hydrogen-bond acceptors (Lipinski definition) is 3. The monoisotopic (exact) mass is 383 g/mol. The molecule has 2 rings (SSSR count). The standard InChI is InChI=1S/C25H37NO2/c1-4-6-7-8-11-18-27-23-14-12-13-22(20-23)26-17-19-28-25-16-10-9-15-24(25)21(3)5-2/h9-10,12-16,20-21,26H,4-8,11,17-19H2,1-3H3. The van der Waals surface area contributed by atoms with Gasteiger partial charge in [0, 0.05) is 18.3 Å². The van der Waals surface area contributed by atoms with Crippen molar-refractivity contribution in [2.24, 2.45) is 0 Å². The second-order valence-corrected chi connectivity index (χ2v) is 7.41. The van der Waals surface area contributed by atoms with Gasteiger partial charge in [0.25, 0.3) is 0 Å². The molecule has 0 heterocycles. The number of anilines is 1. The van der Waals surface area contributed by atoms with Crippen LogP contribution in [0.3, 0.4) is 0 Å². The zero-order valence-corrected chi connectivity index (χ0v) is 17.9. The van der Waals surface area contributed by atoms with Crippen LogP contribution in [0.2, 0.25) is 0 Å². The van der Waals surface area contributed by atoms with Gasteiger partial charge in [-0.15, -0.1) is 0 Å². The van der Waals surface area contributed by atoms with Crippen molar-refractivity contribution in [2.45, 2.75) is 65.2 Å². The second-order valence-electron chi connectivity index (χ2n) is 7.41. The van der Waals surface area contributed by atoms with Gasteiger partial charge in [-0.25, -0.2) is 0 Å². The summed E-state index contributed by atoms with van der Waals surface area (Å²) in [4.78, 5) is 0. The Morgan fingerprint density at radius 1 is 0.857 bits per heavy atom. The highest BCUT2D eigenvalue weighted by Crippen LogP contribution is 2.28. The molecular formula is C25H37NO2. The molecule has 0 saturated heterocycles. The summed E-state index contributed by atoms with van der Waals surface area (Å²) in [6.45, 7) is 8.89. The molecule has 2 aromatic rings. The Labute approximate surface area is 171 Å². The summed E-state index contributed by atoms with van der Waals surface area (Å²) in [7, 11) is 0. The molecule has 1 atom stereocenters. The molecule has 1 N–H and O–H groups in total.